The van der Waals surface area contributed by atoms with Crippen molar-refractivity contribution in [2.45, 2.75) is 192 Å². The second-order valence-electron chi connectivity index (χ2n) is 11.4. The molecule has 216 valence electrons. The Morgan fingerprint density at radius 1 is 0.500 bits per heavy atom. The lowest BCUT2D eigenvalue weighted by Crippen LogP contribution is -2.36. The van der Waals surface area contributed by atoms with Crippen LogP contribution in [-0.2, 0) is 0 Å². The molecule has 0 aliphatic heterocycles. The molecule has 0 bridgehead atoms. The maximum Gasteiger partial charge on any atom is 0.0894 e. The summed E-state index contributed by atoms with van der Waals surface area (Å²) in [5.41, 5.74) is 5.57. The Morgan fingerprint density at radius 2 is 0.778 bits per heavy atom. The molecular weight excluding hydrogens is 442 g/mol. The van der Waals surface area contributed by atoms with Crippen molar-refractivity contribution in [1.82, 2.24) is 0 Å². The van der Waals surface area contributed by atoms with E-state index in [1.807, 2.05) is 6.08 Å². The van der Waals surface area contributed by atoms with Crippen molar-refractivity contribution in [2.24, 2.45) is 5.73 Å². The number of aliphatic hydroxyl groups is 2. The molecular formula is C33H67NO2. The number of unbranched alkanes of at least 4 members (excludes halogenated alkanes) is 26. The summed E-state index contributed by atoms with van der Waals surface area (Å²) in [6, 6.07) is -0.560. The van der Waals surface area contributed by atoms with E-state index in [1.54, 1.807) is 6.08 Å². The fraction of sp³-hybridized carbons (Fsp3) is 0.939. The molecule has 0 saturated heterocycles. The van der Waals surface area contributed by atoms with Gasteiger partial charge in [0.05, 0.1) is 18.8 Å². The van der Waals surface area contributed by atoms with Gasteiger partial charge in [-0.2, -0.15) is 0 Å². The van der Waals surface area contributed by atoms with Crippen LogP contribution in [0.4, 0.5) is 0 Å². The maximum absolute atomic E-state index is 9.64. The highest BCUT2D eigenvalue weighted by atomic mass is 16.3. The predicted molar refractivity (Wildman–Crippen MR) is 161 cm³/mol. The number of allylic oxidation sites excluding steroid dienone is 1. The second kappa shape index (κ2) is 30.8. The zero-order valence-corrected chi connectivity index (χ0v) is 24.6. The maximum atomic E-state index is 9.64. The van der Waals surface area contributed by atoms with Gasteiger partial charge in [0.1, 0.15) is 0 Å². The highest BCUT2D eigenvalue weighted by molar-refractivity contribution is 4.93. The van der Waals surface area contributed by atoms with Crippen LogP contribution in [0.15, 0.2) is 12.2 Å². The van der Waals surface area contributed by atoms with Gasteiger partial charge in [0.25, 0.3) is 0 Å². The molecule has 0 unspecified atom stereocenters. The van der Waals surface area contributed by atoms with Crippen molar-refractivity contribution in [3.05, 3.63) is 12.2 Å². The first-order valence-corrected chi connectivity index (χ1v) is 16.4. The first-order valence-electron chi connectivity index (χ1n) is 16.4. The van der Waals surface area contributed by atoms with Crippen LogP contribution in [0, 0.1) is 0 Å². The Balaban J connectivity index is 3.10. The molecule has 0 saturated carbocycles. The summed E-state index contributed by atoms with van der Waals surface area (Å²) in [7, 11) is 0. The van der Waals surface area contributed by atoms with Crippen LogP contribution >= 0.6 is 0 Å². The van der Waals surface area contributed by atoms with Gasteiger partial charge >= 0.3 is 0 Å². The standard InChI is InChI=1S/C33H67NO2/c1-2-3-4-5-6-7-8-9-10-11-12-13-14-15-16-17-18-19-20-21-22-23-24-25-26-27-28-29-30-33(36)32(34)31-35/h29-30,32-33,35-36H,2-28,31,34H2,1H3/b30-29+/t32-,33+/m0/s1. The highest BCUT2D eigenvalue weighted by Gasteiger charge is 2.08. The van der Waals surface area contributed by atoms with E-state index < -0.39 is 12.1 Å². The van der Waals surface area contributed by atoms with E-state index in [1.165, 1.54) is 167 Å². The van der Waals surface area contributed by atoms with Crippen LogP contribution in [0.1, 0.15) is 180 Å². The van der Waals surface area contributed by atoms with Crippen LogP contribution in [0.25, 0.3) is 0 Å². The van der Waals surface area contributed by atoms with Gasteiger partial charge in [-0.3, -0.25) is 0 Å². The quantitative estimate of drug-likeness (QED) is 0.0666. The zero-order chi connectivity index (χ0) is 26.4. The molecule has 0 radical (unpaired) electrons. The van der Waals surface area contributed by atoms with Crippen molar-refractivity contribution in [1.29, 1.82) is 0 Å². The second-order valence-corrected chi connectivity index (χ2v) is 11.4. The van der Waals surface area contributed by atoms with E-state index in [9.17, 15) is 5.11 Å². The molecule has 0 aromatic carbocycles. The minimum absolute atomic E-state index is 0.176. The van der Waals surface area contributed by atoms with Gasteiger partial charge in [0.15, 0.2) is 0 Å². The molecule has 2 atom stereocenters. The normalized spacial score (nSPS) is 13.6. The molecule has 0 aliphatic rings. The summed E-state index contributed by atoms with van der Waals surface area (Å²) in [6.45, 7) is 2.12. The summed E-state index contributed by atoms with van der Waals surface area (Å²) < 4.78 is 0. The Bertz CT molecular complexity index is 426. The van der Waals surface area contributed by atoms with Gasteiger partial charge in [-0.05, 0) is 12.8 Å². The van der Waals surface area contributed by atoms with Crippen LogP contribution in [-0.4, -0.2) is 29.0 Å². The molecule has 0 amide bonds. The van der Waals surface area contributed by atoms with Crippen LogP contribution in [0.5, 0.6) is 0 Å². The fourth-order valence-corrected chi connectivity index (χ4v) is 5.06. The number of hydrogen-bond donors (Lipinski definition) is 3. The summed E-state index contributed by atoms with van der Waals surface area (Å²) in [5, 5.41) is 18.5. The molecule has 3 nitrogen and oxygen atoms in total. The number of hydrogen-bond acceptors (Lipinski definition) is 3. The molecule has 0 aromatic rings. The van der Waals surface area contributed by atoms with Crippen molar-refractivity contribution < 1.29 is 10.2 Å². The van der Waals surface area contributed by atoms with Gasteiger partial charge in [-0.25, -0.2) is 0 Å². The summed E-state index contributed by atoms with van der Waals surface area (Å²) in [6.07, 6.45) is 41.0. The van der Waals surface area contributed by atoms with Crippen molar-refractivity contribution in [3.8, 4) is 0 Å². The lowest BCUT2D eigenvalue weighted by molar-refractivity contribution is 0.144. The van der Waals surface area contributed by atoms with Gasteiger partial charge in [0.2, 0.25) is 0 Å². The van der Waals surface area contributed by atoms with E-state index in [0.717, 1.165) is 6.42 Å². The Hall–Kier alpha value is -0.380. The van der Waals surface area contributed by atoms with Gasteiger partial charge < -0.3 is 15.9 Å². The lowest BCUT2D eigenvalue weighted by atomic mass is 10.0. The third-order valence-corrected chi connectivity index (χ3v) is 7.71. The van der Waals surface area contributed by atoms with E-state index in [-0.39, 0.29) is 6.61 Å². The number of rotatable bonds is 30. The van der Waals surface area contributed by atoms with E-state index in [0.29, 0.717) is 0 Å². The van der Waals surface area contributed by atoms with Crippen molar-refractivity contribution in [2.75, 3.05) is 6.61 Å². The first-order chi connectivity index (χ1) is 17.7. The molecule has 0 fully saturated rings. The Labute approximate surface area is 227 Å². The minimum Gasteiger partial charge on any atom is -0.395 e. The largest absolute Gasteiger partial charge is 0.395 e. The van der Waals surface area contributed by atoms with Gasteiger partial charge in [-0.15, -0.1) is 0 Å². The van der Waals surface area contributed by atoms with Crippen molar-refractivity contribution in [3.63, 3.8) is 0 Å². The van der Waals surface area contributed by atoms with Gasteiger partial charge in [-0.1, -0.05) is 180 Å². The van der Waals surface area contributed by atoms with Gasteiger partial charge in [0, 0.05) is 0 Å². The van der Waals surface area contributed by atoms with E-state index in [2.05, 4.69) is 6.92 Å². The number of aliphatic hydroxyl groups excluding tert-OH is 2. The smallest absolute Gasteiger partial charge is 0.0894 e. The molecule has 3 heteroatoms. The molecule has 36 heavy (non-hydrogen) atoms. The molecule has 0 rings (SSSR count). The van der Waals surface area contributed by atoms with Crippen molar-refractivity contribution >= 4 is 0 Å². The fourth-order valence-electron chi connectivity index (χ4n) is 5.06. The summed E-state index contributed by atoms with van der Waals surface area (Å²) in [5.74, 6) is 0. The highest BCUT2D eigenvalue weighted by Crippen LogP contribution is 2.16. The third kappa shape index (κ3) is 28.2. The topological polar surface area (TPSA) is 66.5 Å². The molecule has 4 N–H and O–H groups in total. The zero-order valence-electron chi connectivity index (χ0n) is 24.6. The van der Waals surface area contributed by atoms with Crippen LogP contribution < -0.4 is 5.73 Å². The molecule has 0 aliphatic carbocycles. The van der Waals surface area contributed by atoms with E-state index in [4.69, 9.17) is 10.8 Å². The summed E-state index contributed by atoms with van der Waals surface area (Å²) >= 11 is 0. The predicted octanol–water partition coefficient (Wildman–Crippen LogP) is 9.78. The molecule has 0 heterocycles. The Kier molecular flexibility index (Phi) is 30.5. The SMILES string of the molecule is CCCCCCCCCCCCCCCCCCCCCCCCCCCC/C=C/[C@@H](O)[C@@H](N)CO. The summed E-state index contributed by atoms with van der Waals surface area (Å²) in [4.78, 5) is 0. The van der Waals surface area contributed by atoms with Crippen LogP contribution in [0.2, 0.25) is 0 Å². The lowest BCUT2D eigenvalue weighted by Gasteiger charge is -2.11. The monoisotopic (exact) mass is 510 g/mol. The first kappa shape index (κ1) is 35.6. The van der Waals surface area contributed by atoms with E-state index >= 15 is 0 Å². The minimum atomic E-state index is -0.723. The average Bonchev–Trinajstić information content (AvgIpc) is 2.89. The average molecular weight is 510 g/mol. The molecule has 0 spiro atoms. The van der Waals surface area contributed by atoms with Crippen LogP contribution in [0.3, 0.4) is 0 Å². The molecule has 0 aromatic heterocycles. The third-order valence-electron chi connectivity index (χ3n) is 7.71. The number of nitrogens with two attached hydrogens (primary N) is 1. The Morgan fingerprint density at radius 3 is 1.06 bits per heavy atom.